The number of halogens is 2. The number of rotatable bonds is 4. The fourth-order valence-electron chi connectivity index (χ4n) is 1.98. The molecule has 1 amide bonds. The molecule has 2 aromatic heterocycles. The number of nitrogens with zero attached hydrogens (tertiary/aromatic N) is 4. The van der Waals surface area contributed by atoms with Crippen LogP contribution in [0.4, 0.5) is 5.69 Å². The molecule has 9 nitrogen and oxygen atoms in total. The van der Waals surface area contributed by atoms with Crippen molar-refractivity contribution in [3.05, 3.63) is 52.0 Å². The highest BCUT2D eigenvalue weighted by Crippen LogP contribution is 2.30. The Labute approximate surface area is 150 Å². The quantitative estimate of drug-likeness (QED) is 0.671. The van der Waals surface area contributed by atoms with Gasteiger partial charge in [-0.05, 0) is 12.1 Å². The average Bonchev–Trinajstić information content (AvgIpc) is 3.28. The molecule has 0 aliphatic heterocycles. The average molecular weight is 381 g/mol. The monoisotopic (exact) mass is 380 g/mol. The van der Waals surface area contributed by atoms with Crippen molar-refractivity contribution in [3.8, 4) is 5.69 Å². The van der Waals surface area contributed by atoms with Crippen molar-refractivity contribution in [2.75, 3.05) is 12.4 Å². The standard InChI is InChI=1S/C14H10Cl2N6O3/c1-25-14(24)8-2-9(15)10(16)3-11(8)19-13(23)12-6-22(21-20-12)7-4-17-18-5-7/h2-6H,1H3,(H,17,18)(H,19,23). The van der Waals surface area contributed by atoms with E-state index in [4.69, 9.17) is 23.2 Å². The Hall–Kier alpha value is -2.91. The van der Waals surface area contributed by atoms with Gasteiger partial charge in [-0.1, -0.05) is 28.4 Å². The van der Waals surface area contributed by atoms with Gasteiger partial charge in [0.15, 0.2) is 5.69 Å². The Kier molecular flexibility index (Phi) is 4.68. The number of hydrogen-bond donors (Lipinski definition) is 2. The molecule has 25 heavy (non-hydrogen) atoms. The summed E-state index contributed by atoms with van der Waals surface area (Å²) in [6.07, 6.45) is 4.52. The van der Waals surface area contributed by atoms with Gasteiger partial charge in [0.25, 0.3) is 5.91 Å². The topological polar surface area (TPSA) is 115 Å². The van der Waals surface area contributed by atoms with Crippen LogP contribution >= 0.6 is 23.2 Å². The van der Waals surface area contributed by atoms with E-state index in [1.807, 2.05) is 0 Å². The summed E-state index contributed by atoms with van der Waals surface area (Å²) in [6, 6.07) is 2.67. The van der Waals surface area contributed by atoms with Crippen molar-refractivity contribution in [3.63, 3.8) is 0 Å². The number of hydrogen-bond acceptors (Lipinski definition) is 6. The number of carbonyl (C=O) groups excluding carboxylic acids is 2. The molecule has 0 saturated heterocycles. The molecule has 0 spiro atoms. The first-order chi connectivity index (χ1) is 12.0. The number of aromatic amines is 1. The van der Waals surface area contributed by atoms with E-state index >= 15 is 0 Å². The number of esters is 1. The van der Waals surface area contributed by atoms with Crippen LogP contribution in [0.25, 0.3) is 5.69 Å². The van der Waals surface area contributed by atoms with Crippen molar-refractivity contribution in [1.82, 2.24) is 25.2 Å². The molecule has 2 heterocycles. The van der Waals surface area contributed by atoms with Crippen LogP contribution in [0.3, 0.4) is 0 Å². The van der Waals surface area contributed by atoms with Crippen LogP contribution in [-0.4, -0.2) is 44.2 Å². The Bertz CT molecular complexity index is 938. The van der Waals surface area contributed by atoms with Gasteiger partial charge in [-0.3, -0.25) is 9.89 Å². The minimum absolute atomic E-state index is 0.0306. The SMILES string of the molecule is COC(=O)c1cc(Cl)c(Cl)cc1NC(=O)c1cn(-c2cn[nH]c2)nn1. The van der Waals surface area contributed by atoms with E-state index in [0.29, 0.717) is 5.69 Å². The second-order valence-corrected chi connectivity index (χ2v) is 5.58. The van der Waals surface area contributed by atoms with Crippen LogP contribution in [0.5, 0.6) is 0 Å². The van der Waals surface area contributed by atoms with E-state index in [2.05, 4.69) is 30.6 Å². The summed E-state index contributed by atoms with van der Waals surface area (Å²) in [6.45, 7) is 0. The lowest BCUT2D eigenvalue weighted by Crippen LogP contribution is -2.16. The lowest BCUT2D eigenvalue weighted by atomic mass is 10.1. The zero-order chi connectivity index (χ0) is 18.0. The summed E-state index contributed by atoms with van der Waals surface area (Å²) in [7, 11) is 1.22. The Morgan fingerprint density at radius 1 is 1.28 bits per heavy atom. The number of ether oxygens (including phenoxy) is 1. The number of aromatic nitrogens is 5. The molecule has 0 bridgehead atoms. The molecular formula is C14H10Cl2N6O3. The molecule has 3 rings (SSSR count). The third kappa shape index (κ3) is 3.47. The van der Waals surface area contributed by atoms with Crippen molar-refractivity contribution < 1.29 is 14.3 Å². The van der Waals surface area contributed by atoms with Crippen LogP contribution in [-0.2, 0) is 4.74 Å². The summed E-state index contributed by atoms with van der Waals surface area (Å²) < 4.78 is 6.05. The highest BCUT2D eigenvalue weighted by atomic mass is 35.5. The van der Waals surface area contributed by atoms with Gasteiger partial charge in [-0.25, -0.2) is 9.48 Å². The molecule has 3 aromatic rings. The third-order valence-electron chi connectivity index (χ3n) is 3.19. The largest absolute Gasteiger partial charge is 0.465 e. The fraction of sp³-hybridized carbons (Fsp3) is 0.0714. The van der Waals surface area contributed by atoms with Gasteiger partial charge in [0.1, 0.15) is 5.69 Å². The zero-order valence-electron chi connectivity index (χ0n) is 12.7. The van der Waals surface area contributed by atoms with Crippen molar-refractivity contribution in [2.24, 2.45) is 0 Å². The molecule has 0 fully saturated rings. The smallest absolute Gasteiger partial charge is 0.340 e. The molecule has 0 aliphatic carbocycles. The summed E-state index contributed by atoms with van der Waals surface area (Å²) in [5, 5.41) is 16.9. The number of methoxy groups -OCH3 is 1. The lowest BCUT2D eigenvalue weighted by Gasteiger charge is -2.10. The maximum Gasteiger partial charge on any atom is 0.340 e. The molecular weight excluding hydrogens is 371 g/mol. The van der Waals surface area contributed by atoms with Gasteiger partial charge < -0.3 is 10.1 Å². The highest BCUT2D eigenvalue weighted by molar-refractivity contribution is 6.42. The summed E-state index contributed by atoms with van der Waals surface area (Å²) in [5.41, 5.74) is 0.844. The van der Waals surface area contributed by atoms with Crippen LogP contribution in [0.1, 0.15) is 20.8 Å². The number of amides is 1. The van der Waals surface area contributed by atoms with E-state index in [1.165, 1.54) is 36.3 Å². The van der Waals surface area contributed by atoms with Gasteiger partial charge in [-0.2, -0.15) is 5.10 Å². The summed E-state index contributed by atoms with van der Waals surface area (Å²) in [5.74, 6) is -1.26. The first-order valence-corrected chi connectivity index (χ1v) is 7.55. The molecule has 0 radical (unpaired) electrons. The van der Waals surface area contributed by atoms with Crippen molar-refractivity contribution in [1.29, 1.82) is 0 Å². The number of carbonyl (C=O) groups is 2. The van der Waals surface area contributed by atoms with Gasteiger partial charge in [-0.15, -0.1) is 5.10 Å². The van der Waals surface area contributed by atoms with Gasteiger partial charge in [0.05, 0.1) is 40.8 Å². The van der Waals surface area contributed by atoms with E-state index in [0.717, 1.165) is 0 Å². The van der Waals surface area contributed by atoms with E-state index < -0.39 is 11.9 Å². The summed E-state index contributed by atoms with van der Waals surface area (Å²) >= 11 is 11.9. The fourth-order valence-corrected chi connectivity index (χ4v) is 2.31. The predicted molar refractivity (Wildman–Crippen MR) is 89.3 cm³/mol. The number of benzene rings is 1. The number of nitrogens with one attached hydrogen (secondary N) is 2. The van der Waals surface area contributed by atoms with Crippen LogP contribution in [0.15, 0.2) is 30.7 Å². The molecule has 1 aromatic carbocycles. The molecule has 0 saturated carbocycles. The van der Waals surface area contributed by atoms with Crippen LogP contribution in [0, 0.1) is 0 Å². The maximum absolute atomic E-state index is 12.4. The Morgan fingerprint density at radius 3 is 2.72 bits per heavy atom. The molecule has 128 valence electrons. The van der Waals surface area contributed by atoms with Crippen LogP contribution < -0.4 is 5.32 Å². The van der Waals surface area contributed by atoms with E-state index in [1.54, 1.807) is 6.20 Å². The number of anilines is 1. The van der Waals surface area contributed by atoms with E-state index in [9.17, 15) is 9.59 Å². The van der Waals surface area contributed by atoms with Gasteiger partial charge >= 0.3 is 5.97 Å². The minimum atomic E-state index is -0.670. The van der Waals surface area contributed by atoms with Gasteiger partial charge in [0.2, 0.25) is 0 Å². The lowest BCUT2D eigenvalue weighted by molar-refractivity contribution is 0.0602. The first kappa shape index (κ1) is 16.9. The zero-order valence-corrected chi connectivity index (χ0v) is 14.2. The predicted octanol–water partition coefficient (Wildman–Crippen LogP) is 2.34. The second-order valence-electron chi connectivity index (χ2n) is 4.76. The third-order valence-corrected chi connectivity index (χ3v) is 3.91. The van der Waals surface area contributed by atoms with Gasteiger partial charge in [0, 0.05) is 6.20 Å². The maximum atomic E-state index is 12.4. The van der Waals surface area contributed by atoms with Crippen molar-refractivity contribution in [2.45, 2.75) is 0 Å². The normalized spacial score (nSPS) is 10.5. The second kappa shape index (κ2) is 6.91. The molecule has 2 N–H and O–H groups in total. The molecule has 11 heteroatoms. The minimum Gasteiger partial charge on any atom is -0.465 e. The highest BCUT2D eigenvalue weighted by Gasteiger charge is 2.19. The van der Waals surface area contributed by atoms with E-state index in [-0.39, 0.29) is 27.0 Å². The molecule has 0 aliphatic rings. The van der Waals surface area contributed by atoms with Crippen LogP contribution in [0.2, 0.25) is 10.0 Å². The molecule has 0 atom stereocenters. The Balaban J connectivity index is 1.88. The Morgan fingerprint density at radius 2 is 2.04 bits per heavy atom. The molecule has 0 unspecified atom stereocenters. The number of H-pyrrole nitrogens is 1. The first-order valence-electron chi connectivity index (χ1n) is 6.80. The summed E-state index contributed by atoms with van der Waals surface area (Å²) in [4.78, 5) is 24.2. The van der Waals surface area contributed by atoms with Crippen molar-refractivity contribution >= 4 is 40.8 Å².